The van der Waals surface area contributed by atoms with Crippen LogP contribution in [-0.4, -0.2) is 70.1 Å². The number of aliphatic carboxylic acids is 1. The number of nitrogens with zero attached hydrogens (tertiary/aromatic N) is 1. The smallest absolute Gasteiger partial charge is 0.311 e. The minimum Gasteiger partial charge on any atom is -0.481 e. The average Bonchev–Trinajstić information content (AvgIpc) is 3.32. The molecule has 46 heavy (non-hydrogen) atoms. The molecule has 1 aliphatic rings. The van der Waals surface area contributed by atoms with Crippen molar-refractivity contribution in [2.24, 2.45) is 11.3 Å². The molecule has 0 saturated carbocycles. The molecule has 13 heteroatoms. The maximum atomic E-state index is 13.2. The molecule has 0 aromatic heterocycles. The number of carbonyl (C=O) groups excluding carboxylic acids is 6. The molecule has 1 aromatic carbocycles. The first-order chi connectivity index (χ1) is 21.6. The number of rotatable bonds is 19. The lowest BCUT2D eigenvalue weighted by Crippen LogP contribution is -2.54. The molecule has 0 fully saturated rings. The Hall–Kier alpha value is -4.55. The van der Waals surface area contributed by atoms with Crippen molar-refractivity contribution in [1.29, 1.82) is 0 Å². The van der Waals surface area contributed by atoms with Gasteiger partial charge in [-0.1, -0.05) is 39.3 Å². The van der Waals surface area contributed by atoms with Crippen LogP contribution < -0.4 is 16.0 Å². The van der Waals surface area contributed by atoms with Gasteiger partial charge in [-0.05, 0) is 63.1 Å². The number of anilines is 1. The summed E-state index contributed by atoms with van der Waals surface area (Å²) in [5.41, 5.74) is 0.504. The molecule has 0 aliphatic carbocycles. The van der Waals surface area contributed by atoms with Crippen molar-refractivity contribution >= 4 is 47.2 Å². The highest BCUT2D eigenvalue weighted by Crippen LogP contribution is 2.22. The number of amides is 5. The van der Waals surface area contributed by atoms with Crippen LogP contribution in [0.3, 0.4) is 0 Å². The van der Waals surface area contributed by atoms with Crippen LogP contribution in [0.5, 0.6) is 0 Å². The Balaban J connectivity index is 1.93. The Morgan fingerprint density at radius 3 is 2.09 bits per heavy atom. The van der Waals surface area contributed by atoms with Gasteiger partial charge in [0, 0.05) is 37.2 Å². The maximum absolute atomic E-state index is 13.2. The van der Waals surface area contributed by atoms with E-state index < -0.39 is 35.3 Å². The van der Waals surface area contributed by atoms with Gasteiger partial charge in [-0.15, -0.1) is 0 Å². The number of imide groups is 1. The summed E-state index contributed by atoms with van der Waals surface area (Å²) >= 11 is 0. The van der Waals surface area contributed by atoms with Gasteiger partial charge in [-0.2, -0.15) is 0 Å². The van der Waals surface area contributed by atoms with Gasteiger partial charge in [0.05, 0.1) is 5.41 Å². The average molecular weight is 643 g/mol. The lowest BCUT2D eigenvalue weighted by atomic mass is 9.91. The molecule has 0 saturated heterocycles. The van der Waals surface area contributed by atoms with Crippen molar-refractivity contribution in [3.05, 3.63) is 42.0 Å². The topological polar surface area (TPSA) is 188 Å². The summed E-state index contributed by atoms with van der Waals surface area (Å²) in [6.07, 6.45) is 4.24. The summed E-state index contributed by atoms with van der Waals surface area (Å²) in [7, 11) is 0. The monoisotopic (exact) mass is 642 g/mol. The Morgan fingerprint density at radius 2 is 1.52 bits per heavy atom. The molecule has 252 valence electrons. The maximum Gasteiger partial charge on any atom is 0.311 e. The lowest BCUT2D eigenvalue weighted by Gasteiger charge is -2.25. The third-order valence-electron chi connectivity index (χ3n) is 7.76. The molecule has 1 heterocycles. The molecule has 0 spiro atoms. The molecule has 1 aromatic rings. The fourth-order valence-corrected chi connectivity index (χ4v) is 4.36. The second kappa shape index (κ2) is 17.8. The number of carboxylic acid groups (broad SMARTS) is 1. The van der Waals surface area contributed by atoms with E-state index in [9.17, 15) is 38.7 Å². The van der Waals surface area contributed by atoms with Crippen LogP contribution in [0.1, 0.15) is 85.1 Å². The number of hydrogen-bond acceptors (Lipinski definition) is 8. The van der Waals surface area contributed by atoms with Gasteiger partial charge >= 0.3 is 11.9 Å². The van der Waals surface area contributed by atoms with Gasteiger partial charge in [-0.25, -0.2) is 0 Å². The van der Waals surface area contributed by atoms with Crippen molar-refractivity contribution in [2.45, 2.75) is 98.3 Å². The quantitative estimate of drug-likeness (QED) is 0.0999. The number of benzene rings is 1. The van der Waals surface area contributed by atoms with Crippen molar-refractivity contribution in [2.75, 3.05) is 11.9 Å². The molecule has 1 aliphatic heterocycles. The van der Waals surface area contributed by atoms with E-state index in [0.29, 0.717) is 36.9 Å². The van der Waals surface area contributed by atoms with Gasteiger partial charge in [-0.3, -0.25) is 38.5 Å². The van der Waals surface area contributed by atoms with E-state index in [4.69, 9.17) is 4.74 Å². The second-order valence-electron chi connectivity index (χ2n) is 12.3. The van der Waals surface area contributed by atoms with Gasteiger partial charge < -0.3 is 25.8 Å². The number of nitrogens with one attached hydrogen (secondary N) is 3. The Kier molecular flexibility index (Phi) is 14.6. The van der Waals surface area contributed by atoms with Crippen molar-refractivity contribution in [3.63, 3.8) is 0 Å². The SMILES string of the molecule is CCC(C)(C)C(=O)OCc1ccc(NC(=O)[C@H](CCC(=O)O)NC(=O)[C@@H](NC(=O)CCCCCN2C(=O)C=CC2=O)C(C)C)cc1. The van der Waals surface area contributed by atoms with Crippen LogP contribution in [0.25, 0.3) is 0 Å². The minimum absolute atomic E-state index is 0.0639. The minimum atomic E-state index is -1.19. The zero-order valence-electron chi connectivity index (χ0n) is 27.2. The number of unbranched alkanes of at least 4 members (excludes halogenated alkanes) is 2. The number of esters is 1. The summed E-state index contributed by atoms with van der Waals surface area (Å²) in [6.45, 7) is 9.30. The summed E-state index contributed by atoms with van der Waals surface area (Å²) < 4.78 is 5.38. The highest BCUT2D eigenvalue weighted by molar-refractivity contribution is 6.12. The van der Waals surface area contributed by atoms with Gasteiger partial charge in [0.15, 0.2) is 0 Å². The Morgan fingerprint density at radius 1 is 0.891 bits per heavy atom. The first-order valence-corrected chi connectivity index (χ1v) is 15.6. The molecule has 13 nitrogen and oxygen atoms in total. The van der Waals surface area contributed by atoms with Crippen LogP contribution in [0, 0.1) is 11.3 Å². The van der Waals surface area contributed by atoms with E-state index >= 15 is 0 Å². The van der Waals surface area contributed by atoms with Gasteiger partial charge in [0.2, 0.25) is 17.7 Å². The first kappa shape index (κ1) is 37.6. The highest BCUT2D eigenvalue weighted by Gasteiger charge is 2.30. The molecule has 4 N–H and O–H groups in total. The molecule has 5 amide bonds. The van der Waals surface area contributed by atoms with E-state index in [1.54, 1.807) is 52.0 Å². The fourth-order valence-electron chi connectivity index (χ4n) is 4.36. The molecule has 2 atom stereocenters. The van der Waals surface area contributed by atoms with Crippen LogP contribution >= 0.6 is 0 Å². The zero-order chi connectivity index (χ0) is 34.4. The zero-order valence-corrected chi connectivity index (χ0v) is 27.2. The number of carboxylic acids is 1. The van der Waals surface area contributed by atoms with Crippen LogP contribution in [0.15, 0.2) is 36.4 Å². The van der Waals surface area contributed by atoms with Crippen LogP contribution in [0.4, 0.5) is 5.69 Å². The molecule has 0 unspecified atom stereocenters. The lowest BCUT2D eigenvalue weighted by molar-refractivity contribution is -0.155. The fraction of sp³-hybridized carbons (Fsp3) is 0.545. The molecule has 0 bridgehead atoms. The molecular formula is C33H46N4O9. The largest absolute Gasteiger partial charge is 0.481 e. The number of ether oxygens (including phenoxy) is 1. The molecule has 0 radical (unpaired) electrons. The van der Waals surface area contributed by atoms with E-state index in [2.05, 4.69) is 16.0 Å². The standard InChI is InChI=1S/C33H46N4O9/c1-6-33(4,5)32(45)46-20-22-11-13-23(14-12-22)34-30(43)24(15-18-28(41)42)35-31(44)29(21(2)3)36-25(38)10-8-7-9-19-37-26(39)16-17-27(37)40/h11-14,16-17,21,24,29H,6-10,15,18-20H2,1-5H3,(H,34,43)(H,35,44)(H,36,38)(H,41,42)/t24-,29-/m0/s1. The van der Waals surface area contributed by atoms with Crippen molar-refractivity contribution < 1.29 is 43.4 Å². The number of carbonyl (C=O) groups is 7. The second-order valence-corrected chi connectivity index (χ2v) is 12.3. The van der Waals surface area contributed by atoms with Crippen molar-refractivity contribution in [3.8, 4) is 0 Å². The van der Waals surface area contributed by atoms with E-state index in [-0.39, 0.29) is 62.0 Å². The molecule has 2 rings (SSSR count). The van der Waals surface area contributed by atoms with E-state index in [1.165, 1.54) is 12.2 Å². The van der Waals surface area contributed by atoms with E-state index in [0.717, 1.165) is 4.90 Å². The highest BCUT2D eigenvalue weighted by atomic mass is 16.5. The summed E-state index contributed by atoms with van der Waals surface area (Å²) in [5.74, 6) is -4.13. The number of hydrogen-bond donors (Lipinski definition) is 4. The normalized spacial score (nSPS) is 14.2. The third-order valence-corrected chi connectivity index (χ3v) is 7.76. The van der Waals surface area contributed by atoms with Gasteiger partial charge in [0.1, 0.15) is 18.7 Å². The summed E-state index contributed by atoms with van der Waals surface area (Å²) in [5, 5.41) is 17.2. The van der Waals surface area contributed by atoms with Crippen LogP contribution in [0.2, 0.25) is 0 Å². The summed E-state index contributed by atoms with van der Waals surface area (Å²) in [6, 6.07) is 4.41. The predicted molar refractivity (Wildman–Crippen MR) is 169 cm³/mol. The predicted octanol–water partition coefficient (Wildman–Crippen LogP) is 3.08. The van der Waals surface area contributed by atoms with E-state index in [1.807, 2.05) is 6.92 Å². The Labute approximate surface area is 269 Å². The van der Waals surface area contributed by atoms with Crippen LogP contribution in [-0.2, 0) is 44.9 Å². The summed E-state index contributed by atoms with van der Waals surface area (Å²) in [4.78, 5) is 86.9. The third kappa shape index (κ3) is 12.1. The van der Waals surface area contributed by atoms with Crippen molar-refractivity contribution in [1.82, 2.24) is 15.5 Å². The van der Waals surface area contributed by atoms with Gasteiger partial charge in [0.25, 0.3) is 11.8 Å². The Bertz CT molecular complexity index is 1290. The first-order valence-electron chi connectivity index (χ1n) is 15.6. The molecular weight excluding hydrogens is 596 g/mol.